The monoisotopic (exact) mass is 862 g/mol. The molecule has 0 spiro atoms. The SMILES string of the molecule is CN(Cc1cnc2nc(N)nc(N)c2n1)c1ccc(C(=O)N[C@@H](CCC(=O)O)C(=O)O)cc1.C[C@H]1C[C@H]2[C@@H]3CCC4=CC(=O)C=C[C@]4(C)[C@@]3(Cl)[C@@H](O)C[C@]2(C)[C@@]1(O)C(=O)CO. The Hall–Kier alpha value is -5.56. The largest absolute Gasteiger partial charge is 0.481 e. The van der Waals surface area contributed by atoms with Crippen molar-refractivity contribution in [3.05, 3.63) is 65.5 Å². The van der Waals surface area contributed by atoms with Crippen molar-refractivity contribution in [3.8, 4) is 0 Å². The topological polar surface area (TPSA) is 305 Å². The van der Waals surface area contributed by atoms with E-state index in [1.807, 2.05) is 38.8 Å². The molecule has 18 nitrogen and oxygen atoms in total. The van der Waals surface area contributed by atoms with Gasteiger partial charge in [0.1, 0.15) is 18.2 Å². The van der Waals surface area contributed by atoms with E-state index in [0.717, 1.165) is 11.3 Å². The molecule has 0 aliphatic heterocycles. The molecular formula is C42H51ClN8O10. The Morgan fingerprint density at radius 2 is 1.75 bits per heavy atom. The van der Waals surface area contributed by atoms with Crippen LogP contribution in [0.3, 0.4) is 0 Å². The van der Waals surface area contributed by atoms with E-state index in [0.29, 0.717) is 42.7 Å². The van der Waals surface area contributed by atoms with Gasteiger partial charge in [0.25, 0.3) is 5.91 Å². The quantitative estimate of drug-likeness (QED) is 0.128. The number of ketones is 2. The van der Waals surface area contributed by atoms with Crippen LogP contribution in [0.4, 0.5) is 17.5 Å². The van der Waals surface area contributed by atoms with E-state index in [4.69, 9.17) is 28.2 Å². The summed E-state index contributed by atoms with van der Waals surface area (Å²) in [5.41, 5.74) is 11.4. The fourth-order valence-corrected chi connectivity index (χ4v) is 10.8. The van der Waals surface area contributed by atoms with Crippen LogP contribution >= 0.6 is 11.6 Å². The number of alkyl halides is 1. The van der Waals surface area contributed by atoms with Crippen molar-refractivity contribution in [3.63, 3.8) is 0 Å². The van der Waals surface area contributed by atoms with Crippen LogP contribution in [0.2, 0.25) is 0 Å². The van der Waals surface area contributed by atoms with Crippen molar-refractivity contribution in [2.45, 2.75) is 88.5 Å². The minimum atomic E-state index is -1.68. The Bertz CT molecular complexity index is 2330. The molecule has 4 aliphatic rings. The highest BCUT2D eigenvalue weighted by atomic mass is 35.5. The number of nitrogens with two attached hydrogens (primary N) is 2. The Morgan fingerprint density at radius 3 is 2.39 bits per heavy atom. The number of aliphatic hydroxyl groups excluding tert-OH is 2. The van der Waals surface area contributed by atoms with Gasteiger partial charge in [-0.05, 0) is 86.3 Å². The zero-order valence-electron chi connectivity index (χ0n) is 34.2. The van der Waals surface area contributed by atoms with Crippen molar-refractivity contribution in [1.29, 1.82) is 0 Å². The van der Waals surface area contributed by atoms with Gasteiger partial charge in [-0.15, -0.1) is 11.6 Å². The maximum absolute atomic E-state index is 12.6. The summed E-state index contributed by atoms with van der Waals surface area (Å²) in [7, 11) is 1.82. The van der Waals surface area contributed by atoms with Crippen LogP contribution < -0.4 is 21.7 Å². The number of nitrogen functional groups attached to an aromatic ring is 2. The molecule has 3 fully saturated rings. The van der Waals surface area contributed by atoms with Crippen molar-refractivity contribution < 1.29 is 49.5 Å². The van der Waals surface area contributed by atoms with Crippen molar-refractivity contribution in [2.75, 3.05) is 30.0 Å². The van der Waals surface area contributed by atoms with Crippen LogP contribution in [-0.2, 0) is 25.7 Å². The minimum Gasteiger partial charge on any atom is -0.481 e. The van der Waals surface area contributed by atoms with E-state index in [-0.39, 0.29) is 60.1 Å². The zero-order valence-corrected chi connectivity index (χ0v) is 35.0. The number of hydrogen-bond acceptors (Lipinski definition) is 15. The molecule has 1 amide bonds. The smallest absolute Gasteiger partial charge is 0.326 e. The highest BCUT2D eigenvalue weighted by Crippen LogP contribution is 2.71. The average molecular weight is 863 g/mol. The van der Waals surface area contributed by atoms with Crippen LogP contribution in [-0.4, -0.2) is 111 Å². The number of rotatable bonds is 11. The first kappa shape index (κ1) is 45.0. The number of amides is 1. The second-order valence-electron chi connectivity index (χ2n) is 16.9. The number of Topliss-reactive ketones (excluding diaryl/α,β-unsaturated/α-hetero) is 1. The second-order valence-corrected chi connectivity index (χ2v) is 17.6. The molecule has 10 N–H and O–H groups in total. The van der Waals surface area contributed by atoms with Gasteiger partial charge in [-0.3, -0.25) is 19.2 Å². The highest BCUT2D eigenvalue weighted by Gasteiger charge is 2.74. The van der Waals surface area contributed by atoms with Crippen molar-refractivity contribution in [2.24, 2.45) is 28.6 Å². The number of carboxylic acids is 2. The minimum absolute atomic E-state index is 0.0138. The predicted molar refractivity (Wildman–Crippen MR) is 223 cm³/mol. The number of benzene rings is 1. The van der Waals surface area contributed by atoms with E-state index in [9.17, 15) is 44.4 Å². The molecule has 0 bridgehead atoms. The summed E-state index contributed by atoms with van der Waals surface area (Å²) in [5, 5.41) is 52.6. The fraction of sp³-hybridized carbons (Fsp3) is 0.500. The summed E-state index contributed by atoms with van der Waals surface area (Å²) in [5.74, 6) is -4.06. The second kappa shape index (κ2) is 16.7. The van der Waals surface area contributed by atoms with Gasteiger partial charge in [0, 0.05) is 35.5 Å². The normalized spacial score (nSPS) is 30.4. The van der Waals surface area contributed by atoms with Gasteiger partial charge in [-0.2, -0.15) is 9.97 Å². The van der Waals surface area contributed by atoms with Gasteiger partial charge >= 0.3 is 11.9 Å². The maximum atomic E-state index is 12.6. The van der Waals surface area contributed by atoms with E-state index in [1.165, 1.54) is 18.2 Å². The third kappa shape index (κ3) is 7.81. The molecule has 2 heterocycles. The molecule has 0 radical (unpaired) electrons. The van der Waals surface area contributed by atoms with Crippen LogP contribution in [0.5, 0.6) is 0 Å². The predicted octanol–water partition coefficient (Wildman–Crippen LogP) is 2.43. The molecule has 3 aromatic rings. The first-order valence-corrected chi connectivity index (χ1v) is 20.3. The molecule has 9 atom stereocenters. The van der Waals surface area contributed by atoms with Crippen LogP contribution in [0, 0.1) is 28.6 Å². The molecule has 3 saturated carbocycles. The molecule has 2 aromatic heterocycles. The molecule has 326 valence electrons. The van der Waals surface area contributed by atoms with Gasteiger partial charge in [0.15, 0.2) is 28.5 Å². The lowest BCUT2D eigenvalue weighted by Gasteiger charge is -2.63. The fourth-order valence-electron chi connectivity index (χ4n) is 10.3. The molecular weight excluding hydrogens is 812 g/mol. The number of carbonyl (C=O) groups is 5. The number of nitrogens with one attached hydrogen (secondary N) is 1. The Kier molecular flexibility index (Phi) is 12.3. The number of aromatic nitrogens is 4. The van der Waals surface area contributed by atoms with Crippen LogP contribution in [0.25, 0.3) is 11.2 Å². The summed E-state index contributed by atoms with van der Waals surface area (Å²) in [6, 6.07) is 5.16. The van der Waals surface area contributed by atoms with E-state index in [2.05, 4.69) is 25.3 Å². The number of anilines is 3. The van der Waals surface area contributed by atoms with Gasteiger partial charge in [-0.1, -0.05) is 32.4 Å². The zero-order chi connectivity index (χ0) is 44.8. The van der Waals surface area contributed by atoms with Gasteiger partial charge in [0.2, 0.25) is 5.95 Å². The first-order valence-electron chi connectivity index (χ1n) is 19.9. The van der Waals surface area contributed by atoms with Gasteiger partial charge < -0.3 is 47.2 Å². The number of fused-ring (bicyclic) bond motifs is 6. The molecule has 0 saturated heterocycles. The number of hydrogen-bond donors (Lipinski definition) is 8. The Balaban J connectivity index is 0.000000206. The molecule has 61 heavy (non-hydrogen) atoms. The Morgan fingerprint density at radius 1 is 1.07 bits per heavy atom. The van der Waals surface area contributed by atoms with Gasteiger partial charge in [-0.25, -0.2) is 14.8 Å². The number of carboxylic acid groups (broad SMARTS) is 2. The molecule has 0 unspecified atom stereocenters. The summed E-state index contributed by atoms with van der Waals surface area (Å²) in [6.45, 7) is 5.34. The highest BCUT2D eigenvalue weighted by molar-refractivity contribution is 6.26. The number of allylic oxidation sites excluding steroid dienone is 4. The molecule has 4 aliphatic carbocycles. The summed E-state index contributed by atoms with van der Waals surface area (Å²) in [4.78, 5) is 76.2. The summed E-state index contributed by atoms with van der Waals surface area (Å²) < 4.78 is 0. The van der Waals surface area contributed by atoms with Crippen LogP contribution in [0.15, 0.2) is 54.3 Å². The molecule has 7 rings (SSSR count). The summed E-state index contributed by atoms with van der Waals surface area (Å²) >= 11 is 7.30. The Labute approximate surface area is 356 Å². The van der Waals surface area contributed by atoms with Crippen molar-refractivity contribution in [1.82, 2.24) is 25.3 Å². The van der Waals surface area contributed by atoms with E-state index < -0.39 is 63.7 Å². The summed E-state index contributed by atoms with van der Waals surface area (Å²) in [6.07, 6.45) is 7.19. The maximum Gasteiger partial charge on any atom is 0.326 e. The number of halogens is 1. The van der Waals surface area contributed by atoms with Crippen LogP contribution in [0.1, 0.15) is 75.3 Å². The lowest BCUT2D eigenvalue weighted by molar-refractivity contribution is -0.179. The van der Waals surface area contributed by atoms with Gasteiger partial charge in [0.05, 0.1) is 29.4 Å². The average Bonchev–Trinajstić information content (AvgIpc) is 3.41. The number of aliphatic carboxylic acids is 2. The van der Waals surface area contributed by atoms with Crippen molar-refractivity contribution >= 4 is 69.6 Å². The van der Waals surface area contributed by atoms with E-state index >= 15 is 0 Å². The molecule has 1 aromatic carbocycles. The number of nitrogens with zero attached hydrogens (tertiary/aromatic N) is 5. The third-order valence-electron chi connectivity index (χ3n) is 13.5. The lowest BCUT2D eigenvalue weighted by atomic mass is 9.45. The molecule has 19 heteroatoms. The standard InChI is InChI=1S/C22H29ClO5.C20H22N8O5/c1-12-8-16-15-5-4-13-9-14(25)6-7-19(13,2)21(15,23)17(26)10-20(16,3)22(12,28)18(27)11-24;1-28(9-11-8-23-17-15(24-11)16(21)26-20(22)27-17)12-4-2-10(3-5-12)18(31)25-13(19(32)33)6-7-14(29)30/h6-7,9,12,15-17,24,26,28H,4-5,8,10-11H2,1-3H3;2-5,8,13H,6-7,9H2,1H3,(H,25,31)(H,29,30)(H,32,33)(H4,21,22,23,26,27)/t12-,15-,16-,17-,19-,20-,21-,22-;13-/m00/s1. The van der Waals surface area contributed by atoms with E-state index in [1.54, 1.807) is 24.4 Å². The lowest BCUT2D eigenvalue weighted by Crippen LogP contribution is -2.69. The first-order chi connectivity index (χ1) is 28.6. The number of aliphatic hydroxyl groups is 3. The number of carbonyl (C=O) groups excluding carboxylic acids is 3. The third-order valence-corrected chi connectivity index (χ3v) is 14.4.